The summed E-state index contributed by atoms with van der Waals surface area (Å²) in [5.41, 5.74) is 0.279. The predicted molar refractivity (Wildman–Crippen MR) is 59.9 cm³/mol. The van der Waals surface area contributed by atoms with Crippen LogP contribution in [-0.2, 0) is 4.79 Å². The third-order valence-corrected chi connectivity index (χ3v) is 3.03. The van der Waals surface area contributed by atoms with Gasteiger partial charge in [0.15, 0.2) is 0 Å². The average molecular weight is 212 g/mol. The summed E-state index contributed by atoms with van der Waals surface area (Å²) in [4.78, 5) is 15.0. The molecule has 1 aliphatic heterocycles. The first-order valence-corrected chi connectivity index (χ1v) is 5.21. The molecule has 0 aromatic rings. The molecule has 1 heterocycles. The summed E-state index contributed by atoms with van der Waals surface area (Å²) in [7, 11) is 4.13. The molecule has 86 valence electrons. The molecule has 0 aliphatic carbocycles. The third-order valence-electron chi connectivity index (χ3n) is 3.03. The van der Waals surface area contributed by atoms with Crippen LogP contribution in [0.15, 0.2) is 12.2 Å². The van der Waals surface area contributed by atoms with Gasteiger partial charge in [-0.15, -0.1) is 0 Å². The topological polar surface area (TPSA) is 43.8 Å². The molecule has 15 heavy (non-hydrogen) atoms. The van der Waals surface area contributed by atoms with E-state index in [9.17, 15) is 4.79 Å². The number of hydrogen-bond donors (Lipinski definition) is 1. The van der Waals surface area contributed by atoms with Gasteiger partial charge in [0.05, 0.1) is 0 Å². The second-order valence-electron chi connectivity index (χ2n) is 4.61. The summed E-state index contributed by atoms with van der Waals surface area (Å²) in [6, 6.07) is 0.520. The summed E-state index contributed by atoms with van der Waals surface area (Å²) in [5.74, 6) is -0.308. The number of likely N-dealkylation sites (N-methyl/N-ethyl adjacent to an activating group) is 1. The van der Waals surface area contributed by atoms with Gasteiger partial charge in [-0.25, -0.2) is 4.79 Å². The maximum atomic E-state index is 10.6. The maximum Gasteiger partial charge on any atom is 0.332 e. The maximum absolute atomic E-state index is 10.6. The molecule has 1 saturated heterocycles. The molecule has 4 heteroatoms. The van der Waals surface area contributed by atoms with Gasteiger partial charge in [0, 0.05) is 31.2 Å². The summed E-state index contributed by atoms with van der Waals surface area (Å²) < 4.78 is 0. The van der Waals surface area contributed by atoms with Crippen molar-refractivity contribution >= 4 is 5.97 Å². The minimum absolute atomic E-state index is 0.279. The van der Waals surface area contributed by atoms with Crippen LogP contribution in [-0.4, -0.2) is 60.6 Å². The minimum atomic E-state index is -0.893. The number of rotatable bonds is 4. The van der Waals surface area contributed by atoms with Gasteiger partial charge in [0.25, 0.3) is 0 Å². The van der Waals surface area contributed by atoms with Crippen LogP contribution in [0.1, 0.15) is 6.92 Å². The van der Waals surface area contributed by atoms with Gasteiger partial charge in [0.1, 0.15) is 0 Å². The zero-order valence-electron chi connectivity index (χ0n) is 9.73. The molecule has 0 saturated carbocycles. The largest absolute Gasteiger partial charge is 0.478 e. The van der Waals surface area contributed by atoms with E-state index in [1.165, 1.54) is 0 Å². The van der Waals surface area contributed by atoms with Crippen molar-refractivity contribution in [2.75, 3.05) is 33.7 Å². The van der Waals surface area contributed by atoms with Gasteiger partial charge in [-0.05, 0) is 20.0 Å². The van der Waals surface area contributed by atoms with Crippen LogP contribution in [0.5, 0.6) is 0 Å². The monoisotopic (exact) mass is 212 g/mol. The first-order chi connectivity index (χ1) is 6.91. The number of carboxylic acid groups (broad SMARTS) is 1. The van der Waals surface area contributed by atoms with E-state index >= 15 is 0 Å². The molecule has 0 spiro atoms. The predicted octanol–water partition coefficient (Wildman–Crippen LogP) is 0.509. The summed E-state index contributed by atoms with van der Waals surface area (Å²) >= 11 is 0. The normalized spacial score (nSPS) is 27.2. The van der Waals surface area contributed by atoms with Crippen molar-refractivity contribution in [2.24, 2.45) is 5.92 Å². The van der Waals surface area contributed by atoms with E-state index in [0.717, 1.165) is 13.1 Å². The highest BCUT2D eigenvalue weighted by Gasteiger charge is 2.31. The van der Waals surface area contributed by atoms with Crippen molar-refractivity contribution in [3.63, 3.8) is 0 Å². The Morgan fingerprint density at radius 2 is 2.13 bits per heavy atom. The van der Waals surface area contributed by atoms with Crippen molar-refractivity contribution < 1.29 is 9.90 Å². The van der Waals surface area contributed by atoms with Crippen LogP contribution in [0, 0.1) is 5.92 Å². The Kier molecular flexibility index (Phi) is 3.88. The SMILES string of the molecule is C=C(CN1CC(C)C(N(C)C)C1)C(=O)O. The van der Waals surface area contributed by atoms with Gasteiger partial charge in [-0.1, -0.05) is 13.5 Å². The highest BCUT2D eigenvalue weighted by Crippen LogP contribution is 2.20. The van der Waals surface area contributed by atoms with E-state index in [-0.39, 0.29) is 5.57 Å². The van der Waals surface area contributed by atoms with Crippen LogP contribution < -0.4 is 0 Å². The molecule has 1 aliphatic rings. The Hall–Kier alpha value is -0.870. The highest BCUT2D eigenvalue weighted by atomic mass is 16.4. The van der Waals surface area contributed by atoms with Crippen LogP contribution in [0.25, 0.3) is 0 Å². The average Bonchev–Trinajstić information content (AvgIpc) is 2.46. The van der Waals surface area contributed by atoms with Crippen molar-refractivity contribution in [3.8, 4) is 0 Å². The van der Waals surface area contributed by atoms with Crippen LogP contribution in [0.3, 0.4) is 0 Å². The molecule has 1 fully saturated rings. The fourth-order valence-electron chi connectivity index (χ4n) is 2.19. The second kappa shape index (κ2) is 4.77. The Balaban J connectivity index is 2.48. The number of carbonyl (C=O) groups is 1. The number of likely N-dealkylation sites (tertiary alicyclic amines) is 1. The number of aliphatic carboxylic acids is 1. The lowest BCUT2D eigenvalue weighted by molar-refractivity contribution is -0.132. The number of carboxylic acids is 1. The fourth-order valence-corrected chi connectivity index (χ4v) is 2.19. The van der Waals surface area contributed by atoms with Crippen molar-refractivity contribution in [1.29, 1.82) is 0 Å². The lowest BCUT2D eigenvalue weighted by Crippen LogP contribution is -2.34. The van der Waals surface area contributed by atoms with Gasteiger partial charge < -0.3 is 10.0 Å². The van der Waals surface area contributed by atoms with E-state index in [1.807, 2.05) is 0 Å². The molecule has 2 atom stereocenters. The molecular weight excluding hydrogens is 192 g/mol. The molecule has 4 nitrogen and oxygen atoms in total. The molecule has 0 amide bonds. The molecule has 2 unspecified atom stereocenters. The molecule has 0 bridgehead atoms. The van der Waals surface area contributed by atoms with E-state index in [0.29, 0.717) is 18.5 Å². The van der Waals surface area contributed by atoms with Gasteiger partial charge in [-0.2, -0.15) is 0 Å². The Morgan fingerprint density at radius 3 is 2.53 bits per heavy atom. The van der Waals surface area contributed by atoms with Crippen LogP contribution in [0.4, 0.5) is 0 Å². The standard InChI is InChI=1S/C11H20N2O2/c1-8-5-13(6-9(2)11(14)15)7-10(8)12(3)4/h8,10H,2,5-7H2,1,3-4H3,(H,14,15). The zero-order valence-corrected chi connectivity index (χ0v) is 9.73. The molecule has 0 radical (unpaired) electrons. The molecular formula is C11H20N2O2. The van der Waals surface area contributed by atoms with Gasteiger partial charge >= 0.3 is 5.97 Å². The lowest BCUT2D eigenvalue weighted by atomic mass is 10.1. The van der Waals surface area contributed by atoms with Gasteiger partial charge in [0.2, 0.25) is 0 Å². The Morgan fingerprint density at radius 1 is 1.53 bits per heavy atom. The van der Waals surface area contributed by atoms with E-state index in [1.54, 1.807) is 0 Å². The Bertz CT molecular complexity index is 263. The summed E-state index contributed by atoms with van der Waals surface area (Å²) in [5, 5.41) is 8.75. The minimum Gasteiger partial charge on any atom is -0.478 e. The number of hydrogen-bond acceptors (Lipinski definition) is 3. The second-order valence-corrected chi connectivity index (χ2v) is 4.61. The lowest BCUT2D eigenvalue weighted by Gasteiger charge is -2.22. The first-order valence-electron chi connectivity index (χ1n) is 5.21. The van der Waals surface area contributed by atoms with Crippen molar-refractivity contribution in [2.45, 2.75) is 13.0 Å². The van der Waals surface area contributed by atoms with Crippen molar-refractivity contribution in [3.05, 3.63) is 12.2 Å². The third kappa shape index (κ3) is 3.04. The molecule has 1 N–H and O–H groups in total. The van der Waals surface area contributed by atoms with E-state index < -0.39 is 5.97 Å². The molecule has 0 aromatic carbocycles. The highest BCUT2D eigenvalue weighted by molar-refractivity contribution is 5.86. The van der Waals surface area contributed by atoms with E-state index in [4.69, 9.17) is 5.11 Å². The van der Waals surface area contributed by atoms with E-state index in [2.05, 4.69) is 37.4 Å². The van der Waals surface area contributed by atoms with Crippen LogP contribution in [0.2, 0.25) is 0 Å². The Labute approximate surface area is 91.2 Å². The molecule has 1 rings (SSSR count). The smallest absolute Gasteiger partial charge is 0.332 e. The quantitative estimate of drug-likeness (QED) is 0.690. The zero-order chi connectivity index (χ0) is 11.6. The summed E-state index contributed by atoms with van der Waals surface area (Å²) in [6.07, 6.45) is 0. The fraction of sp³-hybridized carbons (Fsp3) is 0.727. The van der Waals surface area contributed by atoms with Crippen molar-refractivity contribution in [1.82, 2.24) is 9.80 Å². The summed E-state index contributed by atoms with van der Waals surface area (Å²) in [6.45, 7) is 8.12. The van der Waals surface area contributed by atoms with Gasteiger partial charge in [-0.3, -0.25) is 4.90 Å². The molecule has 0 aromatic heterocycles. The first kappa shape index (κ1) is 12.2. The number of nitrogens with zero attached hydrogens (tertiary/aromatic N) is 2. The van der Waals surface area contributed by atoms with Crippen LogP contribution >= 0.6 is 0 Å².